The van der Waals surface area contributed by atoms with E-state index < -0.39 is 0 Å². The summed E-state index contributed by atoms with van der Waals surface area (Å²) in [5.41, 5.74) is 0.964. The van der Waals surface area contributed by atoms with Gasteiger partial charge in [0.2, 0.25) is 0 Å². The van der Waals surface area contributed by atoms with Crippen molar-refractivity contribution in [3.05, 3.63) is 47.5 Å². The standard InChI is InChI=1S/C13H12N2OS/c1-2-3-4-5-12-14-15-13(17-12)10-6-8-11(16)9-7-10/h2-9,16H,1H3/b3-2+,5-4+. The zero-order valence-corrected chi connectivity index (χ0v) is 10.2. The highest BCUT2D eigenvalue weighted by Crippen LogP contribution is 2.25. The highest BCUT2D eigenvalue weighted by atomic mass is 32.1. The predicted molar refractivity (Wildman–Crippen MR) is 70.9 cm³/mol. The lowest BCUT2D eigenvalue weighted by molar-refractivity contribution is 0.475. The van der Waals surface area contributed by atoms with Crippen LogP contribution < -0.4 is 0 Å². The first-order chi connectivity index (χ1) is 8.29. The Bertz CT molecular complexity index is 541. The molecule has 0 aliphatic carbocycles. The van der Waals surface area contributed by atoms with E-state index in [0.717, 1.165) is 15.6 Å². The molecule has 0 atom stereocenters. The number of allylic oxidation sites excluding steroid dienone is 3. The van der Waals surface area contributed by atoms with E-state index in [1.807, 2.05) is 43.4 Å². The molecule has 0 aliphatic rings. The lowest BCUT2D eigenvalue weighted by Gasteiger charge is -1.94. The highest BCUT2D eigenvalue weighted by Gasteiger charge is 2.04. The molecule has 1 N–H and O–H groups in total. The number of hydrogen-bond acceptors (Lipinski definition) is 4. The molecule has 0 fully saturated rings. The zero-order chi connectivity index (χ0) is 12.1. The summed E-state index contributed by atoms with van der Waals surface area (Å²) >= 11 is 1.52. The van der Waals surface area contributed by atoms with Crippen molar-refractivity contribution in [3.63, 3.8) is 0 Å². The summed E-state index contributed by atoms with van der Waals surface area (Å²) in [6, 6.07) is 6.95. The highest BCUT2D eigenvalue weighted by molar-refractivity contribution is 7.15. The van der Waals surface area contributed by atoms with E-state index in [9.17, 15) is 5.11 Å². The molecule has 1 aromatic carbocycles. The second kappa shape index (κ2) is 5.41. The van der Waals surface area contributed by atoms with Gasteiger partial charge < -0.3 is 5.11 Å². The Kier molecular flexibility index (Phi) is 3.67. The lowest BCUT2D eigenvalue weighted by atomic mass is 10.2. The monoisotopic (exact) mass is 244 g/mol. The van der Waals surface area contributed by atoms with Crippen molar-refractivity contribution in [2.75, 3.05) is 0 Å². The van der Waals surface area contributed by atoms with Crippen molar-refractivity contribution in [1.82, 2.24) is 10.2 Å². The smallest absolute Gasteiger partial charge is 0.148 e. The van der Waals surface area contributed by atoms with Gasteiger partial charge in [-0.15, -0.1) is 10.2 Å². The number of phenolic OH excluding ortho intramolecular Hbond substituents is 1. The second-order valence-electron chi connectivity index (χ2n) is 3.38. The third kappa shape index (κ3) is 3.01. The third-order valence-corrected chi connectivity index (χ3v) is 3.03. The normalized spacial score (nSPS) is 11.6. The van der Waals surface area contributed by atoms with Crippen LogP contribution in [0.25, 0.3) is 16.6 Å². The van der Waals surface area contributed by atoms with Gasteiger partial charge in [-0.2, -0.15) is 0 Å². The van der Waals surface area contributed by atoms with Crippen LogP contribution in [0.3, 0.4) is 0 Å². The molecule has 1 aromatic heterocycles. The Balaban J connectivity index is 2.20. The molecule has 0 unspecified atom stereocenters. The van der Waals surface area contributed by atoms with Crippen LogP contribution in [0.5, 0.6) is 5.75 Å². The number of phenols is 1. The van der Waals surface area contributed by atoms with Crippen molar-refractivity contribution >= 4 is 17.4 Å². The number of aromatic nitrogens is 2. The third-order valence-electron chi connectivity index (χ3n) is 2.10. The topological polar surface area (TPSA) is 46.0 Å². The summed E-state index contributed by atoms with van der Waals surface area (Å²) in [4.78, 5) is 0. The molecule has 86 valence electrons. The quantitative estimate of drug-likeness (QED) is 0.840. The molecular weight excluding hydrogens is 232 g/mol. The van der Waals surface area contributed by atoms with Crippen molar-refractivity contribution in [1.29, 1.82) is 0 Å². The molecule has 1 heterocycles. The maximum absolute atomic E-state index is 9.20. The van der Waals surface area contributed by atoms with Gasteiger partial charge in [-0.05, 0) is 37.3 Å². The SMILES string of the molecule is C/C=C/C=C/c1nnc(-c2ccc(O)cc2)s1. The van der Waals surface area contributed by atoms with Gasteiger partial charge in [0.25, 0.3) is 0 Å². The van der Waals surface area contributed by atoms with Gasteiger partial charge in [0.15, 0.2) is 0 Å². The van der Waals surface area contributed by atoms with E-state index in [0.29, 0.717) is 0 Å². The maximum Gasteiger partial charge on any atom is 0.148 e. The van der Waals surface area contributed by atoms with E-state index >= 15 is 0 Å². The van der Waals surface area contributed by atoms with Crippen molar-refractivity contribution in [2.45, 2.75) is 6.92 Å². The van der Waals surface area contributed by atoms with E-state index in [-0.39, 0.29) is 5.75 Å². The fourth-order valence-corrected chi connectivity index (χ4v) is 2.03. The van der Waals surface area contributed by atoms with Crippen molar-refractivity contribution in [3.8, 4) is 16.3 Å². The van der Waals surface area contributed by atoms with Crippen LogP contribution in [0, 0.1) is 0 Å². The molecule has 4 heteroatoms. The van der Waals surface area contributed by atoms with Gasteiger partial charge in [-0.3, -0.25) is 0 Å². The van der Waals surface area contributed by atoms with Crippen molar-refractivity contribution in [2.24, 2.45) is 0 Å². The molecule has 0 spiro atoms. The Hall–Kier alpha value is -1.94. The first kappa shape index (κ1) is 11.5. The van der Waals surface area contributed by atoms with Crippen molar-refractivity contribution < 1.29 is 5.11 Å². The first-order valence-corrected chi connectivity index (χ1v) is 6.03. The average molecular weight is 244 g/mol. The molecular formula is C13H12N2OS. The fraction of sp³-hybridized carbons (Fsp3) is 0.0769. The molecule has 2 rings (SSSR count). The summed E-state index contributed by atoms with van der Waals surface area (Å²) in [7, 11) is 0. The van der Waals surface area contributed by atoms with Crippen LogP contribution in [-0.4, -0.2) is 15.3 Å². The molecule has 0 amide bonds. The molecule has 0 aliphatic heterocycles. The van der Waals surface area contributed by atoms with Crippen LogP contribution in [-0.2, 0) is 0 Å². The number of aromatic hydroxyl groups is 1. The summed E-state index contributed by atoms with van der Waals surface area (Å²) in [6.07, 6.45) is 7.75. The number of nitrogens with zero attached hydrogens (tertiary/aromatic N) is 2. The van der Waals surface area contributed by atoms with Gasteiger partial charge >= 0.3 is 0 Å². The lowest BCUT2D eigenvalue weighted by Crippen LogP contribution is -1.75. The van der Waals surface area contributed by atoms with E-state index in [1.165, 1.54) is 11.3 Å². The Morgan fingerprint density at radius 2 is 1.88 bits per heavy atom. The summed E-state index contributed by atoms with van der Waals surface area (Å²) in [5, 5.41) is 19.1. The van der Waals surface area contributed by atoms with Gasteiger partial charge in [-0.1, -0.05) is 29.6 Å². The predicted octanol–water partition coefficient (Wildman–Crippen LogP) is 3.50. The van der Waals surface area contributed by atoms with Crippen LogP contribution in [0.1, 0.15) is 11.9 Å². The maximum atomic E-state index is 9.20. The summed E-state index contributed by atoms with van der Waals surface area (Å²) < 4.78 is 0. The van der Waals surface area contributed by atoms with Crippen LogP contribution >= 0.6 is 11.3 Å². The van der Waals surface area contributed by atoms with Crippen LogP contribution in [0.2, 0.25) is 0 Å². The second-order valence-corrected chi connectivity index (χ2v) is 4.39. The zero-order valence-electron chi connectivity index (χ0n) is 9.37. The minimum absolute atomic E-state index is 0.256. The van der Waals surface area contributed by atoms with E-state index in [4.69, 9.17) is 0 Å². The molecule has 0 bridgehead atoms. The van der Waals surface area contributed by atoms with Gasteiger partial charge in [-0.25, -0.2) is 0 Å². The van der Waals surface area contributed by atoms with Gasteiger partial charge in [0, 0.05) is 5.56 Å². The Morgan fingerprint density at radius 1 is 1.12 bits per heavy atom. The molecule has 0 saturated carbocycles. The molecule has 3 nitrogen and oxygen atoms in total. The minimum atomic E-state index is 0.256. The first-order valence-electron chi connectivity index (χ1n) is 5.22. The number of rotatable bonds is 3. The average Bonchev–Trinajstić information content (AvgIpc) is 2.79. The van der Waals surface area contributed by atoms with E-state index in [2.05, 4.69) is 10.2 Å². The molecule has 17 heavy (non-hydrogen) atoms. The minimum Gasteiger partial charge on any atom is -0.508 e. The van der Waals surface area contributed by atoms with Gasteiger partial charge in [0.05, 0.1) is 0 Å². The van der Waals surface area contributed by atoms with Crippen LogP contribution in [0.4, 0.5) is 0 Å². The Labute approximate surface area is 104 Å². The van der Waals surface area contributed by atoms with Gasteiger partial charge in [0.1, 0.15) is 15.8 Å². The molecule has 0 radical (unpaired) electrons. The number of benzene rings is 1. The summed E-state index contributed by atoms with van der Waals surface area (Å²) in [5.74, 6) is 0.256. The van der Waals surface area contributed by atoms with Crippen LogP contribution in [0.15, 0.2) is 42.5 Å². The van der Waals surface area contributed by atoms with E-state index in [1.54, 1.807) is 12.1 Å². The molecule has 0 saturated heterocycles. The summed E-state index contributed by atoms with van der Waals surface area (Å²) in [6.45, 7) is 1.96. The fourth-order valence-electron chi connectivity index (χ4n) is 1.27. The largest absolute Gasteiger partial charge is 0.508 e. The number of hydrogen-bond donors (Lipinski definition) is 1. The Morgan fingerprint density at radius 3 is 2.59 bits per heavy atom. The molecule has 2 aromatic rings.